The third-order valence-corrected chi connectivity index (χ3v) is 3.32. The Morgan fingerprint density at radius 3 is 2.31 bits per heavy atom. The molecule has 0 aromatic carbocycles. The van der Waals surface area contributed by atoms with Crippen molar-refractivity contribution < 1.29 is 14.4 Å². The van der Waals surface area contributed by atoms with Crippen molar-refractivity contribution in [2.24, 2.45) is 0 Å². The lowest BCUT2D eigenvalue weighted by Crippen LogP contribution is -1.93. The van der Waals surface area contributed by atoms with Gasteiger partial charge in [0.25, 0.3) is 0 Å². The molecule has 0 fully saturated rings. The van der Waals surface area contributed by atoms with Gasteiger partial charge in [0.1, 0.15) is 0 Å². The van der Waals surface area contributed by atoms with Crippen LogP contribution in [-0.4, -0.2) is 9.79 Å². The second kappa shape index (κ2) is 4.22. The van der Waals surface area contributed by atoms with Crippen molar-refractivity contribution in [1.82, 2.24) is 0 Å². The summed E-state index contributed by atoms with van der Waals surface area (Å²) in [6, 6.07) is 0. The second-order valence-corrected chi connectivity index (χ2v) is 5.00. The average molecular weight is 234 g/mol. The van der Waals surface area contributed by atoms with E-state index in [1.54, 1.807) is 24.3 Å². The third-order valence-electron chi connectivity index (χ3n) is 2.30. The van der Waals surface area contributed by atoms with E-state index < -0.39 is 7.60 Å². The Balaban J connectivity index is 2.60. The average Bonchev–Trinajstić information content (AvgIpc) is 2.49. The topological polar surface area (TPSA) is 57.5 Å². The number of hydrogen-bond acceptors (Lipinski definition) is 1. The molecule has 4 heteroatoms. The van der Waals surface area contributed by atoms with Crippen molar-refractivity contribution in [1.29, 1.82) is 0 Å². The van der Waals surface area contributed by atoms with E-state index in [4.69, 9.17) is 0 Å². The fourth-order valence-corrected chi connectivity index (χ4v) is 2.39. The van der Waals surface area contributed by atoms with Crippen molar-refractivity contribution in [2.45, 2.75) is 0 Å². The zero-order chi connectivity index (χ0) is 11.6. The van der Waals surface area contributed by atoms with Crippen LogP contribution in [0.4, 0.5) is 0 Å². The highest BCUT2D eigenvalue weighted by Crippen LogP contribution is 2.51. The predicted octanol–water partition coefficient (Wildman–Crippen LogP) is 2.60. The van der Waals surface area contributed by atoms with Crippen LogP contribution in [0.15, 0.2) is 71.1 Å². The normalized spacial score (nSPS) is 19.2. The molecule has 0 aromatic rings. The number of rotatable bonds is 1. The molecule has 82 valence electrons. The minimum atomic E-state index is -4.24. The molecule has 0 aliphatic heterocycles. The van der Waals surface area contributed by atoms with Crippen LogP contribution in [0, 0.1) is 0 Å². The lowest BCUT2D eigenvalue weighted by atomic mass is 10.1. The van der Waals surface area contributed by atoms with E-state index in [0.29, 0.717) is 5.57 Å². The highest BCUT2D eigenvalue weighted by Gasteiger charge is 2.25. The summed E-state index contributed by atoms with van der Waals surface area (Å²) in [5, 5.41) is 0.0590. The summed E-state index contributed by atoms with van der Waals surface area (Å²) in [6.45, 7) is 0. The van der Waals surface area contributed by atoms with Gasteiger partial charge < -0.3 is 9.79 Å². The quantitative estimate of drug-likeness (QED) is 0.685. The minimum Gasteiger partial charge on any atom is -0.321 e. The smallest absolute Gasteiger partial charge is 0.321 e. The monoisotopic (exact) mass is 234 g/mol. The van der Waals surface area contributed by atoms with Gasteiger partial charge in [-0.25, -0.2) is 0 Å². The maximum absolute atomic E-state index is 11.4. The summed E-state index contributed by atoms with van der Waals surface area (Å²) in [6.07, 6.45) is 15.7. The molecule has 0 radical (unpaired) electrons. The van der Waals surface area contributed by atoms with Gasteiger partial charge in [-0.1, -0.05) is 48.6 Å². The molecule has 2 aliphatic carbocycles. The van der Waals surface area contributed by atoms with Crippen LogP contribution in [0.1, 0.15) is 0 Å². The van der Waals surface area contributed by atoms with Gasteiger partial charge in [0.15, 0.2) is 0 Å². The first-order valence-corrected chi connectivity index (χ1v) is 6.41. The highest BCUT2D eigenvalue weighted by atomic mass is 31.2. The molecule has 2 rings (SSSR count). The van der Waals surface area contributed by atoms with Crippen molar-refractivity contribution >= 4 is 7.60 Å². The Labute approximate surface area is 93.7 Å². The zero-order valence-electron chi connectivity index (χ0n) is 8.45. The first-order chi connectivity index (χ1) is 7.59. The Morgan fingerprint density at radius 1 is 0.875 bits per heavy atom. The van der Waals surface area contributed by atoms with Gasteiger partial charge in [0.05, 0.1) is 5.31 Å². The fourth-order valence-electron chi connectivity index (χ4n) is 1.59. The maximum atomic E-state index is 11.4. The fraction of sp³-hybridized carbons (Fsp3) is 0. The van der Waals surface area contributed by atoms with Gasteiger partial charge in [0, 0.05) is 0 Å². The summed E-state index contributed by atoms with van der Waals surface area (Å²) in [5.41, 5.74) is 1.37. The largest absolute Gasteiger partial charge is 0.356 e. The van der Waals surface area contributed by atoms with Gasteiger partial charge in [0.2, 0.25) is 0 Å². The second-order valence-electron chi connectivity index (χ2n) is 3.43. The third kappa shape index (κ3) is 2.22. The first-order valence-electron chi connectivity index (χ1n) is 4.79. The first kappa shape index (κ1) is 11.1. The predicted molar refractivity (Wildman–Crippen MR) is 63.7 cm³/mol. The van der Waals surface area contributed by atoms with E-state index in [1.165, 1.54) is 6.08 Å². The van der Waals surface area contributed by atoms with Crippen LogP contribution in [0.2, 0.25) is 0 Å². The summed E-state index contributed by atoms with van der Waals surface area (Å²) in [4.78, 5) is 18.6. The summed E-state index contributed by atoms with van der Waals surface area (Å²) < 4.78 is 11.4. The van der Waals surface area contributed by atoms with Crippen LogP contribution >= 0.6 is 7.60 Å². The molecule has 0 bridgehead atoms. The Bertz CT molecular complexity index is 524. The van der Waals surface area contributed by atoms with E-state index in [2.05, 4.69) is 0 Å². The molecule has 2 N–H and O–H groups in total. The van der Waals surface area contributed by atoms with E-state index >= 15 is 0 Å². The number of hydrogen-bond donors (Lipinski definition) is 2. The molecule has 3 nitrogen and oxygen atoms in total. The standard InChI is InChI=1S/C12H11O3P/c13-16(14,15)12-9-5-4-7-10-6-2-1-3-8-11(10)12/h1-9H,(H2,13,14,15). The van der Waals surface area contributed by atoms with Crippen LogP contribution in [0.3, 0.4) is 0 Å². The molecule has 0 unspecified atom stereocenters. The van der Waals surface area contributed by atoms with Gasteiger partial charge in [-0.05, 0) is 17.2 Å². The minimum absolute atomic E-state index is 0.0590. The Morgan fingerprint density at radius 2 is 1.56 bits per heavy atom. The summed E-state index contributed by atoms with van der Waals surface area (Å²) in [7, 11) is -4.24. The van der Waals surface area contributed by atoms with Crippen molar-refractivity contribution in [3.8, 4) is 0 Å². The van der Waals surface area contributed by atoms with Gasteiger partial charge in [-0.15, -0.1) is 0 Å². The molecule has 16 heavy (non-hydrogen) atoms. The van der Waals surface area contributed by atoms with E-state index in [9.17, 15) is 14.4 Å². The van der Waals surface area contributed by atoms with E-state index in [1.807, 2.05) is 24.3 Å². The molecule has 0 aromatic heterocycles. The van der Waals surface area contributed by atoms with Crippen molar-refractivity contribution in [2.75, 3.05) is 0 Å². The highest BCUT2D eigenvalue weighted by molar-refractivity contribution is 7.56. The van der Waals surface area contributed by atoms with Crippen LogP contribution in [0.5, 0.6) is 0 Å². The number of allylic oxidation sites excluding steroid dienone is 12. The summed E-state index contributed by atoms with van der Waals surface area (Å²) in [5.74, 6) is 0. The molecule has 0 saturated heterocycles. The van der Waals surface area contributed by atoms with Crippen LogP contribution < -0.4 is 0 Å². The molecular formula is C12H11O3P. The number of fused-ring (bicyclic) bond motifs is 1. The van der Waals surface area contributed by atoms with Gasteiger partial charge >= 0.3 is 7.60 Å². The van der Waals surface area contributed by atoms with Crippen LogP contribution in [-0.2, 0) is 4.57 Å². The Kier molecular flexibility index (Phi) is 2.92. The SMILES string of the molecule is O=P(O)(O)C1=CC=CC=C2C=CC=CC=C21. The zero-order valence-corrected chi connectivity index (χ0v) is 9.34. The maximum Gasteiger partial charge on any atom is 0.356 e. The molecule has 0 saturated carbocycles. The van der Waals surface area contributed by atoms with Crippen molar-refractivity contribution in [3.05, 3.63) is 71.1 Å². The van der Waals surface area contributed by atoms with Crippen molar-refractivity contribution in [3.63, 3.8) is 0 Å². The molecular weight excluding hydrogens is 223 g/mol. The molecule has 0 amide bonds. The summed E-state index contributed by atoms with van der Waals surface area (Å²) >= 11 is 0. The lowest BCUT2D eigenvalue weighted by molar-refractivity contribution is 0.383. The molecule has 0 atom stereocenters. The lowest BCUT2D eigenvalue weighted by Gasteiger charge is -2.12. The molecule has 0 spiro atoms. The Hall–Kier alpha value is -1.41. The molecule has 2 aliphatic rings. The van der Waals surface area contributed by atoms with Gasteiger partial charge in [-0.3, -0.25) is 4.57 Å². The van der Waals surface area contributed by atoms with Gasteiger partial charge in [-0.2, -0.15) is 0 Å². The molecule has 0 heterocycles. The van der Waals surface area contributed by atoms with E-state index in [-0.39, 0.29) is 5.31 Å². The van der Waals surface area contributed by atoms with Crippen LogP contribution in [0.25, 0.3) is 0 Å². The van der Waals surface area contributed by atoms with E-state index in [0.717, 1.165) is 5.57 Å².